The van der Waals surface area contributed by atoms with Crippen molar-refractivity contribution in [2.45, 2.75) is 13.0 Å². The predicted octanol–water partition coefficient (Wildman–Crippen LogP) is 5.03. The number of benzene rings is 3. The summed E-state index contributed by atoms with van der Waals surface area (Å²) >= 11 is 0. The lowest BCUT2D eigenvalue weighted by Gasteiger charge is -2.11. The molecule has 0 aliphatic carbocycles. The number of ether oxygens (including phenoxy) is 1. The van der Waals surface area contributed by atoms with Crippen molar-refractivity contribution in [1.29, 1.82) is 0 Å². The molecule has 0 heterocycles. The van der Waals surface area contributed by atoms with Crippen LogP contribution in [0.5, 0.6) is 5.75 Å². The third-order valence-electron chi connectivity index (χ3n) is 3.85. The Morgan fingerprint density at radius 1 is 0.909 bits per heavy atom. The van der Waals surface area contributed by atoms with Gasteiger partial charge in [0.05, 0.1) is 13.2 Å². The van der Waals surface area contributed by atoms with Crippen LogP contribution in [0.25, 0.3) is 10.8 Å². The standard InChI is InChI=1S/C20H19NO/c1-15(21-14-17-9-4-6-13-20(17)22-2)18-12-7-10-16-8-3-5-11-19(16)18/h3-15H,1-2H3/t15-/m1/s1. The second-order valence-electron chi connectivity index (χ2n) is 5.26. The zero-order valence-corrected chi connectivity index (χ0v) is 12.9. The summed E-state index contributed by atoms with van der Waals surface area (Å²) in [5.74, 6) is 0.844. The van der Waals surface area contributed by atoms with E-state index in [0.717, 1.165) is 11.3 Å². The van der Waals surface area contributed by atoms with E-state index in [4.69, 9.17) is 9.73 Å². The van der Waals surface area contributed by atoms with Crippen LogP contribution in [-0.4, -0.2) is 13.3 Å². The Balaban J connectivity index is 1.93. The molecule has 2 heteroatoms. The average molecular weight is 289 g/mol. The van der Waals surface area contributed by atoms with Crippen LogP contribution in [0, 0.1) is 0 Å². The van der Waals surface area contributed by atoms with Crippen LogP contribution in [-0.2, 0) is 0 Å². The Hall–Kier alpha value is -2.61. The van der Waals surface area contributed by atoms with Gasteiger partial charge in [-0.15, -0.1) is 0 Å². The number of methoxy groups -OCH3 is 1. The molecule has 0 fully saturated rings. The number of hydrogen-bond acceptors (Lipinski definition) is 2. The Morgan fingerprint density at radius 2 is 1.64 bits per heavy atom. The van der Waals surface area contributed by atoms with Crippen LogP contribution >= 0.6 is 0 Å². The van der Waals surface area contributed by atoms with E-state index >= 15 is 0 Å². The first-order chi connectivity index (χ1) is 10.8. The first-order valence-electron chi connectivity index (χ1n) is 7.43. The first-order valence-corrected chi connectivity index (χ1v) is 7.43. The molecule has 0 bridgehead atoms. The molecule has 0 saturated carbocycles. The van der Waals surface area contributed by atoms with Crippen LogP contribution in [0.1, 0.15) is 24.1 Å². The SMILES string of the molecule is COc1ccccc1C=N[C@H](C)c1cccc2ccccc12. The fourth-order valence-corrected chi connectivity index (χ4v) is 2.66. The molecule has 3 aromatic carbocycles. The van der Waals surface area contributed by atoms with Crippen LogP contribution in [0.3, 0.4) is 0 Å². The van der Waals surface area contributed by atoms with Crippen LogP contribution in [0.15, 0.2) is 71.7 Å². The highest BCUT2D eigenvalue weighted by molar-refractivity contribution is 5.87. The zero-order valence-electron chi connectivity index (χ0n) is 12.9. The van der Waals surface area contributed by atoms with Gasteiger partial charge in [-0.1, -0.05) is 54.6 Å². The molecule has 0 aromatic heterocycles. The van der Waals surface area contributed by atoms with Crippen molar-refractivity contribution in [3.05, 3.63) is 77.9 Å². The Labute approximate surface area is 131 Å². The molecular formula is C20H19NO. The first kappa shape index (κ1) is 14.3. The minimum absolute atomic E-state index is 0.0935. The van der Waals surface area contributed by atoms with Crippen LogP contribution < -0.4 is 4.74 Å². The van der Waals surface area contributed by atoms with Gasteiger partial charge in [0.15, 0.2) is 0 Å². The van der Waals surface area contributed by atoms with Crippen molar-refractivity contribution in [1.82, 2.24) is 0 Å². The summed E-state index contributed by atoms with van der Waals surface area (Å²) in [5, 5.41) is 2.51. The third kappa shape index (κ3) is 2.86. The highest BCUT2D eigenvalue weighted by Crippen LogP contribution is 2.26. The number of rotatable bonds is 4. The predicted molar refractivity (Wildman–Crippen MR) is 93.0 cm³/mol. The number of nitrogens with zero attached hydrogens (tertiary/aromatic N) is 1. The topological polar surface area (TPSA) is 21.6 Å². The molecule has 110 valence electrons. The smallest absolute Gasteiger partial charge is 0.127 e. The van der Waals surface area contributed by atoms with Gasteiger partial charge >= 0.3 is 0 Å². The number of para-hydroxylation sites is 1. The summed E-state index contributed by atoms with van der Waals surface area (Å²) in [4.78, 5) is 4.72. The number of hydrogen-bond donors (Lipinski definition) is 0. The van der Waals surface area contributed by atoms with Crippen LogP contribution in [0.4, 0.5) is 0 Å². The van der Waals surface area contributed by atoms with E-state index in [9.17, 15) is 0 Å². The van der Waals surface area contributed by atoms with Crippen molar-refractivity contribution in [2.24, 2.45) is 4.99 Å². The molecule has 0 amide bonds. The van der Waals surface area contributed by atoms with Crippen molar-refractivity contribution >= 4 is 17.0 Å². The quantitative estimate of drug-likeness (QED) is 0.617. The van der Waals surface area contributed by atoms with Gasteiger partial charge < -0.3 is 4.74 Å². The van der Waals surface area contributed by atoms with Crippen molar-refractivity contribution in [3.63, 3.8) is 0 Å². The van der Waals surface area contributed by atoms with Gasteiger partial charge in [-0.3, -0.25) is 4.99 Å². The van der Waals surface area contributed by atoms with E-state index in [1.54, 1.807) is 7.11 Å². The lowest BCUT2D eigenvalue weighted by molar-refractivity contribution is 0.414. The van der Waals surface area contributed by atoms with Gasteiger partial charge in [-0.25, -0.2) is 0 Å². The zero-order chi connectivity index (χ0) is 15.4. The van der Waals surface area contributed by atoms with Crippen molar-refractivity contribution in [3.8, 4) is 5.75 Å². The molecule has 0 N–H and O–H groups in total. The summed E-state index contributed by atoms with van der Waals surface area (Å²) in [5.41, 5.74) is 2.24. The Kier molecular flexibility index (Phi) is 4.19. The van der Waals surface area contributed by atoms with E-state index in [2.05, 4.69) is 49.4 Å². The van der Waals surface area contributed by atoms with Crippen LogP contribution in [0.2, 0.25) is 0 Å². The van der Waals surface area contributed by atoms with E-state index < -0.39 is 0 Å². The van der Waals surface area contributed by atoms with Gasteiger partial charge in [-0.2, -0.15) is 0 Å². The maximum atomic E-state index is 5.36. The third-order valence-corrected chi connectivity index (χ3v) is 3.85. The molecule has 0 aliphatic heterocycles. The molecule has 2 nitrogen and oxygen atoms in total. The largest absolute Gasteiger partial charge is 0.496 e. The van der Waals surface area contributed by atoms with Crippen molar-refractivity contribution < 1.29 is 4.74 Å². The van der Waals surface area contributed by atoms with E-state index in [0.29, 0.717) is 0 Å². The summed E-state index contributed by atoms with van der Waals surface area (Å²) < 4.78 is 5.36. The highest BCUT2D eigenvalue weighted by Gasteiger charge is 2.07. The second-order valence-corrected chi connectivity index (χ2v) is 5.26. The van der Waals surface area contributed by atoms with Gasteiger partial charge in [0.25, 0.3) is 0 Å². The molecule has 0 radical (unpaired) electrons. The van der Waals surface area contributed by atoms with E-state index in [1.807, 2.05) is 30.5 Å². The minimum Gasteiger partial charge on any atom is -0.496 e. The number of aliphatic imine (C=N–C) groups is 1. The fraction of sp³-hybridized carbons (Fsp3) is 0.150. The number of fused-ring (bicyclic) bond motifs is 1. The molecule has 0 saturated heterocycles. The maximum Gasteiger partial charge on any atom is 0.127 e. The Morgan fingerprint density at radius 3 is 2.50 bits per heavy atom. The maximum absolute atomic E-state index is 5.36. The highest BCUT2D eigenvalue weighted by atomic mass is 16.5. The molecule has 3 rings (SSSR count). The summed E-state index contributed by atoms with van der Waals surface area (Å²) in [6, 6.07) is 22.8. The molecule has 0 aliphatic rings. The van der Waals surface area contributed by atoms with E-state index in [1.165, 1.54) is 16.3 Å². The molecule has 0 unspecified atom stereocenters. The van der Waals surface area contributed by atoms with E-state index in [-0.39, 0.29) is 6.04 Å². The van der Waals surface area contributed by atoms with Gasteiger partial charge in [-0.05, 0) is 35.4 Å². The average Bonchev–Trinajstić information content (AvgIpc) is 2.59. The minimum atomic E-state index is 0.0935. The monoisotopic (exact) mass is 289 g/mol. The molecule has 3 aromatic rings. The molecule has 0 spiro atoms. The Bertz CT molecular complexity index is 802. The fourth-order valence-electron chi connectivity index (χ4n) is 2.66. The van der Waals surface area contributed by atoms with Gasteiger partial charge in [0.1, 0.15) is 5.75 Å². The van der Waals surface area contributed by atoms with Crippen molar-refractivity contribution in [2.75, 3.05) is 7.11 Å². The molecule has 1 atom stereocenters. The molecule has 22 heavy (non-hydrogen) atoms. The normalized spacial score (nSPS) is 12.6. The molecular weight excluding hydrogens is 270 g/mol. The summed E-state index contributed by atoms with van der Waals surface area (Å²) in [7, 11) is 1.68. The second kappa shape index (κ2) is 6.44. The summed E-state index contributed by atoms with van der Waals surface area (Å²) in [6.45, 7) is 2.12. The summed E-state index contributed by atoms with van der Waals surface area (Å²) in [6.07, 6.45) is 1.89. The lowest BCUT2D eigenvalue weighted by Crippen LogP contribution is -1.94. The lowest BCUT2D eigenvalue weighted by atomic mass is 10.00. The van der Waals surface area contributed by atoms with Gasteiger partial charge in [0.2, 0.25) is 0 Å². The van der Waals surface area contributed by atoms with Gasteiger partial charge in [0, 0.05) is 11.8 Å².